The van der Waals surface area contributed by atoms with E-state index in [9.17, 15) is 57.9 Å². The van der Waals surface area contributed by atoms with Crippen LogP contribution in [0, 0.1) is 5.41 Å². The van der Waals surface area contributed by atoms with Gasteiger partial charge in [0.2, 0.25) is 16.9 Å². The molecule has 2 amide bonds. The summed E-state index contributed by atoms with van der Waals surface area (Å²) in [6.45, 7) is 0.406. The number of anilines is 1. The van der Waals surface area contributed by atoms with E-state index < -0.39 is 84.6 Å². The highest BCUT2D eigenvalue weighted by Crippen LogP contribution is 2.61. The number of carbonyl (C=O) groups excluding carboxylic acids is 3. The van der Waals surface area contributed by atoms with Crippen LogP contribution < -0.4 is 16.4 Å². The number of nitrogens with two attached hydrogens (primary N) is 1. The summed E-state index contributed by atoms with van der Waals surface area (Å²) < 4.78 is 62.1. The lowest BCUT2D eigenvalue weighted by molar-refractivity contribution is -0.137. The van der Waals surface area contributed by atoms with Crippen LogP contribution in [0.25, 0.3) is 11.2 Å². The highest BCUT2D eigenvalue weighted by atomic mass is 32.2. The van der Waals surface area contributed by atoms with Crippen LogP contribution in [0.1, 0.15) is 36.9 Å². The maximum absolute atomic E-state index is 12.7. The molecule has 56 heavy (non-hydrogen) atoms. The van der Waals surface area contributed by atoms with Crippen molar-refractivity contribution in [1.82, 2.24) is 35.1 Å². The molecule has 29 heteroatoms. The Kier molecular flexibility index (Phi) is 15.4. The molecule has 0 saturated carbocycles. The van der Waals surface area contributed by atoms with Crippen LogP contribution in [0.5, 0.6) is 0 Å². The van der Waals surface area contributed by atoms with Crippen molar-refractivity contribution in [2.75, 3.05) is 37.8 Å². The van der Waals surface area contributed by atoms with E-state index in [2.05, 4.69) is 39.4 Å². The van der Waals surface area contributed by atoms with Crippen molar-refractivity contribution < 1.29 is 80.5 Å². The van der Waals surface area contributed by atoms with Gasteiger partial charge >= 0.3 is 23.5 Å². The molecule has 3 aromatic rings. The number of hydrogen-bond acceptors (Lipinski definition) is 19. The number of thioether (sulfide) groups is 1. The molecule has 1 fully saturated rings. The van der Waals surface area contributed by atoms with Crippen molar-refractivity contribution in [3.63, 3.8) is 0 Å². The lowest BCUT2D eigenvalue weighted by atomic mass is 9.87. The van der Waals surface area contributed by atoms with E-state index in [4.69, 9.17) is 19.5 Å². The Hall–Kier alpha value is -3.29. The number of ether oxygens (including phenoxy) is 1. The fourth-order valence-corrected chi connectivity index (χ4v) is 8.35. The highest BCUT2D eigenvalue weighted by molar-refractivity contribution is 8.14. The summed E-state index contributed by atoms with van der Waals surface area (Å²) in [4.78, 5) is 91.5. The number of fused-ring (bicyclic) bond motifs is 1. The number of hydrogen-bond donors (Lipinski definition) is 9. The first kappa shape index (κ1) is 45.4. The molecule has 1 aliphatic heterocycles. The first-order valence-corrected chi connectivity index (χ1v) is 21.6. The Morgan fingerprint density at radius 1 is 1.07 bits per heavy atom. The first-order valence-electron chi connectivity index (χ1n) is 16.1. The lowest BCUT2D eigenvalue weighted by Gasteiger charge is -2.30. The molecule has 4 heterocycles. The third-order valence-electron chi connectivity index (χ3n) is 7.63. The Bertz CT molecular complexity index is 2010. The van der Waals surface area contributed by atoms with Gasteiger partial charge in [0.05, 0.1) is 19.5 Å². The van der Waals surface area contributed by atoms with Crippen LogP contribution in [-0.2, 0) is 45.9 Å². The number of aliphatic hydroxyl groups is 2. The molecule has 25 nitrogen and oxygen atoms in total. The number of carbonyl (C=O) groups is 3. The Labute approximate surface area is 321 Å². The van der Waals surface area contributed by atoms with E-state index in [1.54, 1.807) is 12.1 Å². The molecular formula is C27H39N8O17P3S. The SMILES string of the molecule is CC(C)(COP(=O)(O)OP(=O)(O)OCC1OC(n2cnc3c(N)ncnc32)C(O)C1OP(=O)(O)O)C(O)C(=O)NCCC(=O)NCCSC(=O)c1cccnc1. The fourth-order valence-electron chi connectivity index (χ4n) is 4.84. The van der Waals surface area contributed by atoms with Crippen molar-refractivity contribution in [3.8, 4) is 0 Å². The average molecular weight is 873 g/mol. The summed E-state index contributed by atoms with van der Waals surface area (Å²) in [5.74, 6) is -1.21. The molecule has 1 aliphatic rings. The minimum absolute atomic E-state index is 0.0278. The molecule has 7 unspecified atom stereocenters. The molecule has 3 aromatic heterocycles. The largest absolute Gasteiger partial charge is 0.481 e. The maximum atomic E-state index is 12.7. The van der Waals surface area contributed by atoms with Crippen LogP contribution in [0.3, 0.4) is 0 Å². The summed E-state index contributed by atoms with van der Waals surface area (Å²) in [6.07, 6.45) is -4.01. The van der Waals surface area contributed by atoms with Gasteiger partial charge in [-0.15, -0.1) is 0 Å². The molecule has 7 atom stereocenters. The molecular weight excluding hydrogens is 833 g/mol. The first-order chi connectivity index (χ1) is 26.1. The number of nitrogen functional groups attached to an aromatic ring is 1. The maximum Gasteiger partial charge on any atom is 0.481 e. The average Bonchev–Trinajstić information content (AvgIpc) is 3.68. The molecule has 0 aliphatic carbocycles. The van der Waals surface area contributed by atoms with Crippen LogP contribution in [0.2, 0.25) is 0 Å². The van der Waals surface area contributed by atoms with E-state index in [0.717, 1.165) is 29.0 Å². The molecule has 1 saturated heterocycles. The summed E-state index contributed by atoms with van der Waals surface area (Å²) in [6, 6.07) is 3.23. The van der Waals surface area contributed by atoms with Gasteiger partial charge in [0, 0.05) is 48.6 Å². The molecule has 4 rings (SSSR count). The van der Waals surface area contributed by atoms with Gasteiger partial charge in [-0.3, -0.25) is 37.5 Å². The van der Waals surface area contributed by atoms with Crippen molar-refractivity contribution in [3.05, 3.63) is 42.7 Å². The van der Waals surface area contributed by atoms with Gasteiger partial charge in [0.25, 0.3) is 0 Å². The number of nitrogens with one attached hydrogen (secondary N) is 2. The minimum Gasteiger partial charge on any atom is -0.386 e. The van der Waals surface area contributed by atoms with Gasteiger partial charge in [0.1, 0.15) is 36.3 Å². The number of rotatable bonds is 20. The quantitative estimate of drug-likeness (QED) is 0.0504. The Morgan fingerprint density at radius 3 is 2.46 bits per heavy atom. The van der Waals surface area contributed by atoms with Crippen LogP contribution in [-0.4, -0.2) is 128 Å². The summed E-state index contributed by atoms with van der Waals surface area (Å²) >= 11 is 0.983. The number of nitrogens with zero attached hydrogens (tertiary/aromatic N) is 5. The molecule has 310 valence electrons. The second-order valence-corrected chi connectivity index (χ2v) is 17.8. The standard InChI is InChI=1S/C27H39N8O17P3S/c1-27(2,21(38)24(39)31-7-5-17(36)30-8-9-56-26(40)15-4-3-6-29-10-15)12-49-55(46,47)52-54(44,45)48-11-16-20(51-53(41,42)43)19(37)25(50-16)35-14-34-18-22(28)32-13-33-23(18)35/h3-4,6,10,13-14,16,19-21,25,37-38H,5,7-9,11-12H2,1-2H3,(H,30,36)(H,31,39)(H,44,45)(H,46,47)(H2,28,32,33)(H2,41,42,43). The van der Waals surface area contributed by atoms with Gasteiger partial charge in [-0.25, -0.2) is 28.6 Å². The highest BCUT2D eigenvalue weighted by Gasteiger charge is 2.50. The van der Waals surface area contributed by atoms with Gasteiger partial charge in [-0.05, 0) is 12.1 Å². The number of phosphoric acid groups is 3. The zero-order valence-corrected chi connectivity index (χ0v) is 32.8. The number of phosphoric ester groups is 3. The summed E-state index contributed by atoms with van der Waals surface area (Å²) in [5, 5.41) is 26.1. The Morgan fingerprint density at radius 2 is 1.79 bits per heavy atom. The number of pyridine rings is 1. The smallest absolute Gasteiger partial charge is 0.386 e. The van der Waals surface area contributed by atoms with E-state index in [1.165, 1.54) is 26.2 Å². The van der Waals surface area contributed by atoms with E-state index in [-0.39, 0.29) is 47.4 Å². The fraction of sp³-hybridized carbons (Fsp3) is 0.519. The van der Waals surface area contributed by atoms with E-state index in [0.29, 0.717) is 5.56 Å². The predicted octanol–water partition coefficient (Wildman–Crippen LogP) is -0.626. The third-order valence-corrected chi connectivity index (χ3v) is 11.6. The van der Waals surface area contributed by atoms with Crippen molar-refractivity contribution in [1.29, 1.82) is 0 Å². The molecule has 0 spiro atoms. The van der Waals surface area contributed by atoms with Crippen LogP contribution in [0.15, 0.2) is 37.2 Å². The van der Waals surface area contributed by atoms with Gasteiger partial charge in [-0.1, -0.05) is 25.6 Å². The molecule has 0 aromatic carbocycles. The number of aliphatic hydroxyl groups excluding tert-OH is 2. The van der Waals surface area contributed by atoms with Gasteiger partial charge in [-0.2, -0.15) is 4.31 Å². The van der Waals surface area contributed by atoms with Crippen molar-refractivity contribution in [2.24, 2.45) is 5.41 Å². The number of aromatic nitrogens is 5. The summed E-state index contributed by atoms with van der Waals surface area (Å²) in [5.41, 5.74) is 4.66. The van der Waals surface area contributed by atoms with Crippen LogP contribution in [0.4, 0.5) is 5.82 Å². The predicted molar refractivity (Wildman–Crippen MR) is 191 cm³/mol. The normalized spacial score (nSPS) is 21.6. The van der Waals surface area contributed by atoms with Crippen molar-refractivity contribution >= 4 is 69.1 Å². The zero-order chi connectivity index (χ0) is 41.5. The van der Waals surface area contributed by atoms with Crippen LogP contribution >= 0.6 is 35.2 Å². The topological polar surface area (TPSA) is 377 Å². The molecule has 10 N–H and O–H groups in total. The third kappa shape index (κ3) is 12.9. The van der Waals surface area contributed by atoms with Gasteiger partial charge < -0.3 is 50.9 Å². The van der Waals surface area contributed by atoms with E-state index in [1.807, 2.05) is 0 Å². The number of amides is 2. The summed E-state index contributed by atoms with van der Waals surface area (Å²) in [7, 11) is -16.4. The van der Waals surface area contributed by atoms with Gasteiger partial charge in [0.15, 0.2) is 17.7 Å². The monoisotopic (exact) mass is 872 g/mol. The second kappa shape index (κ2) is 19.0. The zero-order valence-electron chi connectivity index (χ0n) is 29.3. The van der Waals surface area contributed by atoms with Crippen molar-refractivity contribution in [2.45, 2.75) is 50.9 Å². The molecule has 0 bridgehead atoms. The molecule has 0 radical (unpaired) electrons. The lowest BCUT2D eigenvalue weighted by Crippen LogP contribution is -2.46. The second-order valence-electron chi connectivity index (χ2n) is 12.4. The minimum atomic E-state index is -5.57. The Balaban J connectivity index is 1.23. The number of imidazole rings is 1. The van der Waals surface area contributed by atoms with E-state index >= 15 is 0 Å².